The Morgan fingerprint density at radius 2 is 1.82 bits per heavy atom. The van der Waals surface area contributed by atoms with E-state index < -0.39 is 17.7 Å². The number of methoxy groups -OCH3 is 1. The minimum atomic E-state index is -0.699. The predicted octanol–water partition coefficient (Wildman–Crippen LogP) is 5.17. The Balaban J connectivity index is 1.77. The molecule has 1 unspecified atom stereocenters. The minimum absolute atomic E-state index is 0.0383. The van der Waals surface area contributed by atoms with Crippen LogP contribution in [0.5, 0.6) is 11.5 Å². The van der Waals surface area contributed by atoms with Gasteiger partial charge in [-0.05, 0) is 55.1 Å². The number of rotatable bonds is 7. The first-order chi connectivity index (χ1) is 15.9. The number of carbonyl (C=O) groups excluding carboxylic acids is 2. The molecule has 1 saturated heterocycles. The molecule has 33 heavy (non-hydrogen) atoms. The molecule has 3 aromatic rings. The molecular formula is C26H25NO5S. The number of aliphatic hydroxyl groups excluding tert-OH is 1. The fourth-order valence-corrected chi connectivity index (χ4v) is 4.70. The molecule has 2 aromatic carbocycles. The summed E-state index contributed by atoms with van der Waals surface area (Å²) >= 11 is 1.44. The molecule has 0 spiro atoms. The largest absolute Gasteiger partial charge is 0.507 e. The van der Waals surface area contributed by atoms with E-state index in [1.54, 1.807) is 31.4 Å². The van der Waals surface area contributed by atoms with Crippen molar-refractivity contribution >= 4 is 28.8 Å². The molecule has 0 saturated carbocycles. The predicted molar refractivity (Wildman–Crippen MR) is 127 cm³/mol. The summed E-state index contributed by atoms with van der Waals surface area (Å²) in [4.78, 5) is 28.5. The Bertz CT molecular complexity index is 1180. The van der Waals surface area contributed by atoms with Crippen molar-refractivity contribution < 1.29 is 24.2 Å². The zero-order chi connectivity index (χ0) is 23.5. The van der Waals surface area contributed by atoms with E-state index in [4.69, 9.17) is 9.47 Å². The highest BCUT2D eigenvalue weighted by Gasteiger charge is 2.46. The molecule has 1 aromatic heterocycles. The summed E-state index contributed by atoms with van der Waals surface area (Å²) in [6.07, 6.45) is -0.0383. The van der Waals surface area contributed by atoms with Gasteiger partial charge in [0.25, 0.3) is 11.7 Å². The summed E-state index contributed by atoms with van der Waals surface area (Å²) in [5.74, 6) is -0.263. The summed E-state index contributed by atoms with van der Waals surface area (Å²) in [5.41, 5.74) is 1.36. The smallest absolute Gasteiger partial charge is 0.295 e. The van der Waals surface area contributed by atoms with Gasteiger partial charge in [0.1, 0.15) is 17.3 Å². The fraction of sp³-hybridized carbons (Fsp3) is 0.231. The first-order valence-corrected chi connectivity index (χ1v) is 11.5. The number of ketones is 1. The van der Waals surface area contributed by atoms with Gasteiger partial charge in [-0.3, -0.25) is 9.59 Å². The highest BCUT2D eigenvalue weighted by molar-refractivity contribution is 7.10. The van der Waals surface area contributed by atoms with Gasteiger partial charge in [-0.1, -0.05) is 30.3 Å². The van der Waals surface area contributed by atoms with Crippen molar-refractivity contribution in [2.75, 3.05) is 7.11 Å². The van der Waals surface area contributed by atoms with Crippen molar-refractivity contribution in [3.8, 4) is 11.5 Å². The molecule has 0 aliphatic carbocycles. The standard InChI is InChI=1S/C26H25NO5S/c1-16(2)32-20-7-4-6-18(14-20)24(28)22-23(21-8-5-13-33-21)27(26(30)25(22)29)15-17-9-11-19(31-3)12-10-17/h4-14,16,23,28H,15H2,1-3H3/b24-22-. The number of ether oxygens (including phenoxy) is 2. The number of Topliss-reactive ketones (excluding diaryl/α,β-unsaturated/α-hetero) is 1. The van der Waals surface area contributed by atoms with E-state index in [0.717, 1.165) is 10.4 Å². The van der Waals surface area contributed by atoms with Crippen molar-refractivity contribution in [3.63, 3.8) is 0 Å². The van der Waals surface area contributed by atoms with Gasteiger partial charge in [0.15, 0.2) is 0 Å². The molecule has 4 rings (SSSR count). The molecule has 1 aliphatic rings. The van der Waals surface area contributed by atoms with Crippen LogP contribution in [0, 0.1) is 0 Å². The van der Waals surface area contributed by atoms with E-state index >= 15 is 0 Å². The van der Waals surface area contributed by atoms with Gasteiger partial charge >= 0.3 is 0 Å². The molecule has 0 radical (unpaired) electrons. The minimum Gasteiger partial charge on any atom is -0.507 e. The number of hydrogen-bond acceptors (Lipinski definition) is 6. The van der Waals surface area contributed by atoms with Crippen LogP contribution in [-0.4, -0.2) is 34.9 Å². The van der Waals surface area contributed by atoms with Crippen LogP contribution in [-0.2, 0) is 16.1 Å². The van der Waals surface area contributed by atoms with Crippen molar-refractivity contribution in [1.29, 1.82) is 0 Å². The molecule has 7 heteroatoms. The third-order valence-electron chi connectivity index (χ3n) is 5.34. The Kier molecular flexibility index (Phi) is 6.51. The van der Waals surface area contributed by atoms with Crippen LogP contribution in [0.3, 0.4) is 0 Å². The van der Waals surface area contributed by atoms with E-state index in [-0.39, 0.29) is 24.0 Å². The van der Waals surface area contributed by atoms with Crippen LogP contribution in [0.1, 0.15) is 35.9 Å². The molecule has 0 bridgehead atoms. The van der Waals surface area contributed by atoms with Gasteiger partial charge in [-0.25, -0.2) is 0 Å². The van der Waals surface area contributed by atoms with E-state index in [9.17, 15) is 14.7 Å². The lowest BCUT2D eigenvalue weighted by Gasteiger charge is -2.24. The Labute approximate surface area is 196 Å². The van der Waals surface area contributed by atoms with Crippen LogP contribution in [0.2, 0.25) is 0 Å². The van der Waals surface area contributed by atoms with Gasteiger partial charge in [-0.15, -0.1) is 11.3 Å². The molecule has 1 fully saturated rings. The summed E-state index contributed by atoms with van der Waals surface area (Å²) in [6.45, 7) is 4.05. The Hall–Kier alpha value is -3.58. The first-order valence-electron chi connectivity index (χ1n) is 10.6. The number of thiophene rings is 1. The average molecular weight is 464 g/mol. The van der Waals surface area contributed by atoms with Crippen LogP contribution in [0.15, 0.2) is 71.6 Å². The molecule has 1 N–H and O–H groups in total. The SMILES string of the molecule is COc1ccc(CN2C(=O)C(=O)/C(=C(\O)c3cccc(OC(C)C)c3)C2c2cccs2)cc1. The highest BCUT2D eigenvalue weighted by Crippen LogP contribution is 2.42. The van der Waals surface area contributed by atoms with E-state index in [1.807, 2.05) is 55.6 Å². The number of hydrogen-bond donors (Lipinski definition) is 1. The Morgan fingerprint density at radius 1 is 1.06 bits per heavy atom. The zero-order valence-corrected chi connectivity index (χ0v) is 19.5. The van der Waals surface area contributed by atoms with Crippen molar-refractivity contribution in [2.45, 2.75) is 32.5 Å². The number of benzene rings is 2. The van der Waals surface area contributed by atoms with Gasteiger partial charge in [0.2, 0.25) is 0 Å². The lowest BCUT2D eigenvalue weighted by molar-refractivity contribution is -0.140. The lowest BCUT2D eigenvalue weighted by atomic mass is 9.99. The molecule has 2 heterocycles. The summed E-state index contributed by atoms with van der Waals surface area (Å²) in [5, 5.41) is 13.1. The maximum atomic E-state index is 13.1. The fourth-order valence-electron chi connectivity index (χ4n) is 3.86. The third-order valence-corrected chi connectivity index (χ3v) is 6.27. The maximum Gasteiger partial charge on any atom is 0.295 e. The summed E-state index contributed by atoms with van der Waals surface area (Å²) in [6, 6.07) is 17.3. The van der Waals surface area contributed by atoms with Crippen LogP contribution in [0.25, 0.3) is 5.76 Å². The lowest BCUT2D eigenvalue weighted by Crippen LogP contribution is -2.28. The second-order valence-corrected chi connectivity index (χ2v) is 8.96. The van der Waals surface area contributed by atoms with Gasteiger partial charge in [0, 0.05) is 17.0 Å². The van der Waals surface area contributed by atoms with Gasteiger partial charge in [-0.2, -0.15) is 0 Å². The quantitative estimate of drug-likeness (QED) is 0.297. The topological polar surface area (TPSA) is 76.1 Å². The summed E-state index contributed by atoms with van der Waals surface area (Å²) < 4.78 is 10.9. The molecule has 1 amide bonds. The van der Waals surface area contributed by atoms with Gasteiger partial charge < -0.3 is 19.5 Å². The van der Waals surface area contributed by atoms with Crippen molar-refractivity contribution in [3.05, 3.63) is 87.6 Å². The van der Waals surface area contributed by atoms with Crippen LogP contribution in [0.4, 0.5) is 0 Å². The number of likely N-dealkylation sites (tertiary alicyclic amines) is 1. The Morgan fingerprint density at radius 3 is 2.45 bits per heavy atom. The number of nitrogens with zero attached hydrogens (tertiary/aromatic N) is 1. The number of carbonyl (C=O) groups is 2. The molecule has 1 aliphatic heterocycles. The maximum absolute atomic E-state index is 13.1. The molecule has 170 valence electrons. The van der Waals surface area contributed by atoms with Crippen molar-refractivity contribution in [2.24, 2.45) is 0 Å². The highest BCUT2D eigenvalue weighted by atomic mass is 32.1. The van der Waals surface area contributed by atoms with Gasteiger partial charge in [0.05, 0.1) is 24.8 Å². The van der Waals surface area contributed by atoms with E-state index in [0.29, 0.717) is 17.1 Å². The second kappa shape index (κ2) is 9.50. The normalized spacial score (nSPS) is 17.6. The number of amides is 1. The van der Waals surface area contributed by atoms with Crippen LogP contribution < -0.4 is 9.47 Å². The van der Waals surface area contributed by atoms with E-state index in [1.165, 1.54) is 16.2 Å². The third kappa shape index (κ3) is 4.64. The van der Waals surface area contributed by atoms with Crippen molar-refractivity contribution in [1.82, 2.24) is 4.90 Å². The molecule has 6 nitrogen and oxygen atoms in total. The first kappa shape index (κ1) is 22.6. The monoisotopic (exact) mass is 463 g/mol. The summed E-state index contributed by atoms with van der Waals surface area (Å²) in [7, 11) is 1.59. The molecule has 1 atom stereocenters. The van der Waals surface area contributed by atoms with Crippen LogP contribution >= 0.6 is 11.3 Å². The average Bonchev–Trinajstić information content (AvgIpc) is 3.42. The zero-order valence-electron chi connectivity index (χ0n) is 18.6. The number of aliphatic hydroxyl groups is 1. The molecular weight excluding hydrogens is 438 g/mol. The second-order valence-electron chi connectivity index (χ2n) is 7.98. The van der Waals surface area contributed by atoms with E-state index in [2.05, 4.69) is 0 Å².